The summed E-state index contributed by atoms with van der Waals surface area (Å²) >= 11 is 0. The molecule has 1 fully saturated rings. The molecule has 6 nitrogen and oxygen atoms in total. The number of rotatable bonds is 7. The monoisotopic (exact) mass is 444 g/mol. The van der Waals surface area contributed by atoms with E-state index >= 15 is 0 Å². The fourth-order valence-corrected chi connectivity index (χ4v) is 4.75. The summed E-state index contributed by atoms with van der Waals surface area (Å²) in [6, 6.07) is 22.2. The summed E-state index contributed by atoms with van der Waals surface area (Å²) in [7, 11) is 0. The summed E-state index contributed by atoms with van der Waals surface area (Å²) in [6.45, 7) is 0.788. The van der Waals surface area contributed by atoms with E-state index in [0.29, 0.717) is 44.6 Å². The highest BCUT2D eigenvalue weighted by Crippen LogP contribution is 2.32. The average molecular weight is 445 g/mol. The number of carbonyl (C=O) groups is 2. The Hall–Kier alpha value is -3.54. The molecule has 2 N–H and O–H groups in total. The molecule has 2 amide bonds. The van der Waals surface area contributed by atoms with Gasteiger partial charge in [-0.25, -0.2) is 0 Å². The molecule has 0 radical (unpaired) electrons. The van der Waals surface area contributed by atoms with Gasteiger partial charge in [0.15, 0.2) is 11.5 Å². The maximum absolute atomic E-state index is 12.6. The third-order valence-corrected chi connectivity index (χ3v) is 6.52. The smallest absolute Gasteiger partial charge is 0.220 e. The highest BCUT2D eigenvalue weighted by atomic mass is 16.6. The van der Waals surface area contributed by atoms with E-state index in [1.165, 1.54) is 16.3 Å². The highest BCUT2D eigenvalue weighted by Gasteiger charge is 2.38. The van der Waals surface area contributed by atoms with Crippen molar-refractivity contribution in [1.29, 1.82) is 0 Å². The van der Waals surface area contributed by atoms with Crippen LogP contribution < -0.4 is 20.1 Å². The first-order chi connectivity index (χ1) is 16.1. The quantitative estimate of drug-likeness (QED) is 0.582. The van der Waals surface area contributed by atoms with Gasteiger partial charge in [0, 0.05) is 18.4 Å². The zero-order chi connectivity index (χ0) is 22.7. The van der Waals surface area contributed by atoms with E-state index in [9.17, 15) is 9.59 Å². The Morgan fingerprint density at radius 1 is 1.03 bits per heavy atom. The Kier molecular flexibility index (Phi) is 5.90. The van der Waals surface area contributed by atoms with Gasteiger partial charge in [-0.2, -0.15) is 0 Å². The zero-order valence-corrected chi connectivity index (χ0v) is 18.5. The molecule has 0 saturated carbocycles. The minimum atomic E-state index is -0.389. The van der Waals surface area contributed by atoms with Crippen LogP contribution in [0.2, 0.25) is 0 Å². The molecule has 5 rings (SSSR count). The standard InChI is InChI=1S/C27H28N2O4/c30-25(28-17-22-18-32-23-7-3-4-8-24(23)33-22)11-13-27(14-12-26(31)29-27)16-19-9-10-20-5-1-2-6-21(20)15-19/h1-10,15,22H,11-14,16-18H2,(H,28,30)(H,29,31)/t22-,27+/m1/s1. The molecule has 2 aliphatic heterocycles. The number of hydrogen-bond donors (Lipinski definition) is 2. The average Bonchev–Trinajstić information content (AvgIpc) is 3.21. The van der Waals surface area contributed by atoms with Gasteiger partial charge in [0.05, 0.1) is 6.54 Å². The predicted molar refractivity (Wildman–Crippen MR) is 126 cm³/mol. The molecule has 33 heavy (non-hydrogen) atoms. The first kappa shape index (κ1) is 21.3. The third-order valence-electron chi connectivity index (χ3n) is 6.52. The Balaban J connectivity index is 1.18. The zero-order valence-electron chi connectivity index (χ0n) is 18.5. The molecule has 6 heteroatoms. The fraction of sp³-hybridized carbons (Fsp3) is 0.333. The summed E-state index contributed by atoms with van der Waals surface area (Å²) in [6.07, 6.45) is 2.68. The molecule has 3 aromatic carbocycles. The second-order valence-corrected chi connectivity index (χ2v) is 8.99. The second-order valence-electron chi connectivity index (χ2n) is 8.99. The molecule has 2 heterocycles. The van der Waals surface area contributed by atoms with Crippen LogP contribution in [0.5, 0.6) is 11.5 Å². The largest absolute Gasteiger partial charge is 0.486 e. The highest BCUT2D eigenvalue weighted by molar-refractivity contribution is 5.83. The van der Waals surface area contributed by atoms with Gasteiger partial charge in [-0.15, -0.1) is 0 Å². The molecule has 170 valence electrons. The van der Waals surface area contributed by atoms with Crippen LogP contribution in [0.1, 0.15) is 31.2 Å². The van der Waals surface area contributed by atoms with Gasteiger partial charge in [0.1, 0.15) is 12.7 Å². The van der Waals surface area contributed by atoms with Crippen LogP contribution in [0.3, 0.4) is 0 Å². The molecular formula is C27H28N2O4. The first-order valence-electron chi connectivity index (χ1n) is 11.5. The van der Waals surface area contributed by atoms with E-state index in [-0.39, 0.29) is 23.5 Å². The van der Waals surface area contributed by atoms with Crippen molar-refractivity contribution in [2.75, 3.05) is 13.2 Å². The molecule has 3 aromatic rings. The number of fused-ring (bicyclic) bond motifs is 2. The minimum Gasteiger partial charge on any atom is -0.486 e. The van der Waals surface area contributed by atoms with E-state index in [1.807, 2.05) is 36.4 Å². The third kappa shape index (κ3) is 4.95. The molecule has 0 aliphatic carbocycles. The van der Waals surface area contributed by atoms with Gasteiger partial charge in [0.25, 0.3) is 0 Å². The van der Waals surface area contributed by atoms with Crippen LogP contribution in [0, 0.1) is 0 Å². The number of para-hydroxylation sites is 2. The molecule has 0 unspecified atom stereocenters. The van der Waals surface area contributed by atoms with Gasteiger partial charge in [-0.3, -0.25) is 9.59 Å². The van der Waals surface area contributed by atoms with Crippen molar-refractivity contribution in [1.82, 2.24) is 10.6 Å². The number of ether oxygens (including phenoxy) is 2. The normalized spacial score (nSPS) is 21.6. The topological polar surface area (TPSA) is 76.7 Å². The van der Waals surface area contributed by atoms with Gasteiger partial charge >= 0.3 is 0 Å². The summed E-state index contributed by atoms with van der Waals surface area (Å²) in [4.78, 5) is 24.7. The summed E-state index contributed by atoms with van der Waals surface area (Å²) in [5, 5.41) is 8.52. The lowest BCUT2D eigenvalue weighted by atomic mass is 9.84. The molecular weight excluding hydrogens is 416 g/mol. The first-order valence-corrected chi connectivity index (χ1v) is 11.5. The Bertz CT molecular complexity index is 1180. The minimum absolute atomic E-state index is 0.0449. The van der Waals surface area contributed by atoms with Gasteiger partial charge < -0.3 is 20.1 Å². The van der Waals surface area contributed by atoms with Crippen LogP contribution >= 0.6 is 0 Å². The number of nitrogens with one attached hydrogen (secondary N) is 2. The van der Waals surface area contributed by atoms with Crippen LogP contribution in [0.15, 0.2) is 66.7 Å². The van der Waals surface area contributed by atoms with Crippen LogP contribution in [0.25, 0.3) is 10.8 Å². The van der Waals surface area contributed by atoms with Crippen LogP contribution in [-0.2, 0) is 16.0 Å². The van der Waals surface area contributed by atoms with Gasteiger partial charge in [0.2, 0.25) is 11.8 Å². The van der Waals surface area contributed by atoms with E-state index in [2.05, 4.69) is 41.0 Å². The summed E-state index contributed by atoms with van der Waals surface area (Å²) in [5.41, 5.74) is 0.781. The van der Waals surface area contributed by atoms with Crippen molar-refractivity contribution in [2.45, 2.75) is 43.7 Å². The maximum Gasteiger partial charge on any atom is 0.220 e. The lowest BCUT2D eigenvalue weighted by Gasteiger charge is -2.30. The molecule has 1 saturated heterocycles. The van der Waals surface area contributed by atoms with E-state index in [4.69, 9.17) is 9.47 Å². The molecule has 0 spiro atoms. The number of amides is 2. The molecule has 0 aromatic heterocycles. The Morgan fingerprint density at radius 2 is 1.82 bits per heavy atom. The predicted octanol–water partition coefficient (Wildman–Crippen LogP) is 3.77. The van der Waals surface area contributed by atoms with Crippen LogP contribution in [-0.4, -0.2) is 36.6 Å². The number of carbonyl (C=O) groups excluding carboxylic acids is 2. The lowest BCUT2D eigenvalue weighted by Crippen LogP contribution is -2.45. The fourth-order valence-electron chi connectivity index (χ4n) is 4.75. The molecule has 2 aliphatic rings. The molecule has 2 atom stereocenters. The van der Waals surface area contributed by atoms with Crippen LogP contribution in [0.4, 0.5) is 0 Å². The van der Waals surface area contributed by atoms with Crippen molar-refractivity contribution in [3.63, 3.8) is 0 Å². The van der Waals surface area contributed by atoms with E-state index < -0.39 is 0 Å². The van der Waals surface area contributed by atoms with E-state index in [0.717, 1.165) is 12.2 Å². The molecule has 0 bridgehead atoms. The van der Waals surface area contributed by atoms with Crippen molar-refractivity contribution < 1.29 is 19.1 Å². The van der Waals surface area contributed by atoms with Crippen molar-refractivity contribution in [2.24, 2.45) is 0 Å². The summed E-state index contributed by atoms with van der Waals surface area (Å²) in [5.74, 6) is 1.44. The summed E-state index contributed by atoms with van der Waals surface area (Å²) < 4.78 is 11.6. The SMILES string of the molecule is O=C(CC[C@@]1(Cc2ccc3ccccc3c2)CCC(=O)N1)NC[C@@H]1COc2ccccc2O1. The maximum atomic E-state index is 12.6. The van der Waals surface area contributed by atoms with Gasteiger partial charge in [-0.1, -0.05) is 54.6 Å². The van der Waals surface area contributed by atoms with E-state index in [1.54, 1.807) is 0 Å². The van der Waals surface area contributed by atoms with Crippen molar-refractivity contribution in [3.05, 3.63) is 72.3 Å². The number of benzene rings is 3. The Morgan fingerprint density at radius 3 is 2.64 bits per heavy atom. The number of hydrogen-bond acceptors (Lipinski definition) is 4. The lowest BCUT2D eigenvalue weighted by molar-refractivity contribution is -0.123. The van der Waals surface area contributed by atoms with Crippen molar-refractivity contribution in [3.8, 4) is 11.5 Å². The van der Waals surface area contributed by atoms with Gasteiger partial charge in [-0.05, 0) is 47.7 Å². The van der Waals surface area contributed by atoms with Crippen molar-refractivity contribution >= 4 is 22.6 Å². The second kappa shape index (κ2) is 9.14. The Labute approximate surface area is 193 Å².